The topological polar surface area (TPSA) is 54.9 Å². The predicted molar refractivity (Wildman–Crippen MR) is 67.2 cm³/mol. The van der Waals surface area contributed by atoms with Gasteiger partial charge in [0.05, 0.1) is 24.0 Å². The zero-order valence-electron chi connectivity index (χ0n) is 9.05. The van der Waals surface area contributed by atoms with Crippen LogP contribution in [0.15, 0.2) is 30.5 Å². The van der Waals surface area contributed by atoms with Crippen LogP contribution in [0, 0.1) is 0 Å². The molecule has 6 heteroatoms. The van der Waals surface area contributed by atoms with E-state index in [-0.39, 0.29) is 11.9 Å². The number of rotatable bonds is 3. The molecule has 0 spiro atoms. The van der Waals surface area contributed by atoms with E-state index in [4.69, 9.17) is 11.6 Å². The van der Waals surface area contributed by atoms with Crippen molar-refractivity contribution in [2.45, 2.75) is 13.0 Å². The Labute approximate surface area is 108 Å². The number of hydrogen-bond acceptors (Lipinski definition) is 4. The van der Waals surface area contributed by atoms with Gasteiger partial charge in [-0.25, -0.2) is 0 Å². The summed E-state index contributed by atoms with van der Waals surface area (Å²) in [6.45, 7) is 1.89. The fourth-order valence-corrected chi connectivity index (χ4v) is 2.01. The van der Waals surface area contributed by atoms with Crippen LogP contribution in [0.1, 0.15) is 29.0 Å². The molecule has 4 nitrogen and oxygen atoms in total. The third-order valence-corrected chi connectivity index (χ3v) is 3.00. The largest absolute Gasteiger partial charge is 0.344 e. The smallest absolute Gasteiger partial charge is 0.273 e. The molecule has 0 saturated heterocycles. The Balaban J connectivity index is 2.07. The number of halogens is 1. The maximum Gasteiger partial charge on any atom is 0.273 e. The van der Waals surface area contributed by atoms with Crippen molar-refractivity contribution in [3.63, 3.8) is 0 Å². The van der Waals surface area contributed by atoms with Crippen LogP contribution in [0.4, 0.5) is 0 Å². The van der Waals surface area contributed by atoms with Crippen LogP contribution in [-0.4, -0.2) is 14.7 Å². The third kappa shape index (κ3) is 3.01. The number of hydrogen-bond donors (Lipinski definition) is 1. The molecule has 0 saturated carbocycles. The van der Waals surface area contributed by atoms with Gasteiger partial charge in [0.2, 0.25) is 0 Å². The Bertz CT molecular complexity index is 515. The molecule has 0 aliphatic heterocycles. The van der Waals surface area contributed by atoms with Gasteiger partial charge in [0.1, 0.15) is 0 Å². The molecule has 0 aliphatic rings. The van der Waals surface area contributed by atoms with Crippen molar-refractivity contribution in [3.8, 4) is 0 Å². The van der Waals surface area contributed by atoms with Gasteiger partial charge in [0.15, 0.2) is 5.69 Å². The van der Waals surface area contributed by atoms with E-state index < -0.39 is 0 Å². The first kappa shape index (κ1) is 12.0. The van der Waals surface area contributed by atoms with E-state index in [9.17, 15) is 4.79 Å². The van der Waals surface area contributed by atoms with Gasteiger partial charge in [-0.2, -0.15) is 8.75 Å². The highest BCUT2D eigenvalue weighted by molar-refractivity contribution is 6.99. The summed E-state index contributed by atoms with van der Waals surface area (Å²) in [6.07, 6.45) is 1.45. The molecule has 0 fully saturated rings. The highest BCUT2D eigenvalue weighted by Gasteiger charge is 2.13. The van der Waals surface area contributed by atoms with Gasteiger partial charge in [0.25, 0.3) is 5.91 Å². The molecule has 1 aromatic carbocycles. The second-order valence-corrected chi connectivity index (χ2v) is 4.54. The number of amides is 1. The lowest BCUT2D eigenvalue weighted by atomic mass is 10.1. The summed E-state index contributed by atoms with van der Waals surface area (Å²) in [7, 11) is 0. The maximum absolute atomic E-state index is 11.7. The summed E-state index contributed by atoms with van der Waals surface area (Å²) >= 11 is 6.90. The molecular formula is C11H10ClN3OS. The van der Waals surface area contributed by atoms with Gasteiger partial charge < -0.3 is 5.32 Å². The Morgan fingerprint density at radius 3 is 3.00 bits per heavy atom. The second-order valence-electron chi connectivity index (χ2n) is 3.54. The first-order valence-corrected chi connectivity index (χ1v) is 6.11. The summed E-state index contributed by atoms with van der Waals surface area (Å²) in [6, 6.07) is 7.26. The lowest BCUT2D eigenvalue weighted by Crippen LogP contribution is -2.26. The van der Waals surface area contributed by atoms with Crippen LogP contribution in [0.25, 0.3) is 0 Å². The van der Waals surface area contributed by atoms with Crippen molar-refractivity contribution >= 4 is 29.2 Å². The number of nitrogens with one attached hydrogen (secondary N) is 1. The molecular weight excluding hydrogens is 258 g/mol. The van der Waals surface area contributed by atoms with Crippen molar-refractivity contribution < 1.29 is 4.79 Å². The summed E-state index contributed by atoms with van der Waals surface area (Å²) in [5.41, 5.74) is 1.29. The number of carbonyl (C=O) groups excluding carboxylic acids is 1. The lowest BCUT2D eigenvalue weighted by molar-refractivity contribution is 0.0936. The number of benzene rings is 1. The average Bonchev–Trinajstić information content (AvgIpc) is 2.82. The number of nitrogens with zero attached hydrogens (tertiary/aromatic N) is 2. The van der Waals surface area contributed by atoms with E-state index >= 15 is 0 Å². The van der Waals surface area contributed by atoms with Crippen molar-refractivity contribution in [2.75, 3.05) is 0 Å². The Morgan fingerprint density at radius 2 is 2.35 bits per heavy atom. The van der Waals surface area contributed by atoms with E-state index in [0.29, 0.717) is 10.7 Å². The molecule has 2 aromatic rings. The highest BCUT2D eigenvalue weighted by atomic mass is 35.5. The molecule has 0 aliphatic carbocycles. The minimum atomic E-state index is -0.230. The van der Waals surface area contributed by atoms with E-state index in [0.717, 1.165) is 17.3 Å². The fourth-order valence-electron chi connectivity index (χ4n) is 1.39. The van der Waals surface area contributed by atoms with E-state index in [1.807, 2.05) is 25.1 Å². The van der Waals surface area contributed by atoms with Gasteiger partial charge in [-0.05, 0) is 24.6 Å². The molecule has 1 unspecified atom stereocenters. The summed E-state index contributed by atoms with van der Waals surface area (Å²) < 4.78 is 7.66. The summed E-state index contributed by atoms with van der Waals surface area (Å²) in [4.78, 5) is 11.7. The zero-order chi connectivity index (χ0) is 12.3. The summed E-state index contributed by atoms with van der Waals surface area (Å²) in [5.74, 6) is -0.230. The van der Waals surface area contributed by atoms with Gasteiger partial charge in [-0.3, -0.25) is 4.79 Å². The molecule has 2 rings (SSSR count). The molecule has 1 heterocycles. The molecule has 1 amide bonds. The minimum absolute atomic E-state index is 0.122. The molecule has 17 heavy (non-hydrogen) atoms. The van der Waals surface area contributed by atoms with E-state index in [2.05, 4.69) is 14.1 Å². The molecule has 1 atom stereocenters. The van der Waals surface area contributed by atoms with Gasteiger partial charge in [-0.15, -0.1) is 0 Å². The van der Waals surface area contributed by atoms with Crippen LogP contribution in [-0.2, 0) is 0 Å². The van der Waals surface area contributed by atoms with E-state index in [1.165, 1.54) is 6.20 Å². The fraction of sp³-hybridized carbons (Fsp3) is 0.182. The van der Waals surface area contributed by atoms with Crippen molar-refractivity contribution in [1.29, 1.82) is 0 Å². The van der Waals surface area contributed by atoms with Crippen molar-refractivity contribution in [2.24, 2.45) is 0 Å². The first-order valence-electron chi connectivity index (χ1n) is 5.00. The van der Waals surface area contributed by atoms with Gasteiger partial charge in [0, 0.05) is 5.02 Å². The number of carbonyl (C=O) groups is 1. The SMILES string of the molecule is CC(NC(=O)c1cnsn1)c1cccc(Cl)c1. The summed E-state index contributed by atoms with van der Waals surface area (Å²) in [5, 5.41) is 3.48. The van der Waals surface area contributed by atoms with Gasteiger partial charge in [-0.1, -0.05) is 23.7 Å². The number of aromatic nitrogens is 2. The quantitative estimate of drug-likeness (QED) is 0.930. The maximum atomic E-state index is 11.7. The molecule has 88 valence electrons. The van der Waals surface area contributed by atoms with Crippen LogP contribution >= 0.6 is 23.3 Å². The molecule has 1 aromatic heterocycles. The van der Waals surface area contributed by atoms with Crippen LogP contribution in [0.3, 0.4) is 0 Å². The average molecular weight is 268 g/mol. The van der Waals surface area contributed by atoms with Crippen molar-refractivity contribution in [3.05, 3.63) is 46.7 Å². The van der Waals surface area contributed by atoms with E-state index in [1.54, 1.807) is 6.07 Å². The molecule has 0 bridgehead atoms. The first-order chi connectivity index (χ1) is 8.16. The third-order valence-electron chi connectivity index (χ3n) is 2.29. The highest BCUT2D eigenvalue weighted by Crippen LogP contribution is 2.17. The zero-order valence-corrected chi connectivity index (χ0v) is 10.6. The van der Waals surface area contributed by atoms with Crippen LogP contribution < -0.4 is 5.32 Å². The lowest BCUT2D eigenvalue weighted by Gasteiger charge is -2.13. The van der Waals surface area contributed by atoms with Gasteiger partial charge >= 0.3 is 0 Å². The minimum Gasteiger partial charge on any atom is -0.344 e. The van der Waals surface area contributed by atoms with Crippen LogP contribution in [0.2, 0.25) is 5.02 Å². The van der Waals surface area contributed by atoms with Crippen LogP contribution in [0.5, 0.6) is 0 Å². The standard InChI is InChI=1S/C11H10ClN3OS/c1-7(8-3-2-4-9(12)5-8)14-11(16)10-6-13-17-15-10/h2-7H,1H3,(H,14,16). The second kappa shape index (κ2) is 5.25. The molecule has 0 radical (unpaired) electrons. The predicted octanol–water partition coefficient (Wildman–Crippen LogP) is 2.68. The Morgan fingerprint density at radius 1 is 1.53 bits per heavy atom. The molecule has 1 N–H and O–H groups in total. The Kier molecular flexibility index (Phi) is 3.71. The normalized spacial score (nSPS) is 12.1. The van der Waals surface area contributed by atoms with Crippen molar-refractivity contribution in [1.82, 2.24) is 14.1 Å². The monoisotopic (exact) mass is 267 g/mol. The Hall–Kier alpha value is -1.46.